The first-order chi connectivity index (χ1) is 14.2. The molecule has 1 aliphatic heterocycles. The highest BCUT2D eigenvalue weighted by Crippen LogP contribution is 2.42. The van der Waals surface area contributed by atoms with Gasteiger partial charge in [-0.2, -0.15) is 4.98 Å². The minimum absolute atomic E-state index is 0.132. The van der Waals surface area contributed by atoms with Gasteiger partial charge in [0.15, 0.2) is 11.6 Å². The highest BCUT2D eigenvalue weighted by atomic mass is 35.5. The number of hydrogen-bond acceptors (Lipinski definition) is 5. The van der Waals surface area contributed by atoms with Crippen molar-refractivity contribution in [3.05, 3.63) is 70.4 Å². The number of rotatable bonds is 3. The summed E-state index contributed by atoms with van der Waals surface area (Å²) in [5, 5.41) is 8.71. The van der Waals surface area contributed by atoms with Gasteiger partial charge in [0, 0.05) is 33.8 Å². The van der Waals surface area contributed by atoms with Crippen molar-refractivity contribution in [1.82, 2.24) is 14.8 Å². The quantitative estimate of drug-likeness (QED) is 0.686. The lowest BCUT2D eigenvalue weighted by molar-refractivity contribution is -0.116. The molecule has 1 aliphatic carbocycles. The fourth-order valence-electron chi connectivity index (χ4n) is 4.03. The van der Waals surface area contributed by atoms with Gasteiger partial charge in [0.1, 0.15) is 11.8 Å². The molecule has 6 nitrogen and oxygen atoms in total. The molecule has 0 bridgehead atoms. The number of methoxy groups -OCH3 is 1. The normalized spacial score (nSPS) is 18.1. The number of ether oxygens (including phenoxy) is 1. The summed E-state index contributed by atoms with van der Waals surface area (Å²) >= 11 is 6.53. The number of fused-ring (bicyclic) bond motifs is 1. The lowest BCUT2D eigenvalue weighted by Gasteiger charge is -2.32. The molecule has 1 aromatic heterocycles. The smallest absolute Gasteiger partial charge is 0.226 e. The maximum absolute atomic E-state index is 12.9. The Kier molecular flexibility index (Phi) is 4.36. The summed E-state index contributed by atoms with van der Waals surface area (Å²) in [7, 11) is 1.63. The summed E-state index contributed by atoms with van der Waals surface area (Å²) in [6, 6.07) is 14.8. The average molecular weight is 407 g/mol. The van der Waals surface area contributed by atoms with Gasteiger partial charge in [0.2, 0.25) is 5.95 Å². The highest BCUT2D eigenvalue weighted by molar-refractivity contribution is 6.31. The van der Waals surface area contributed by atoms with Gasteiger partial charge >= 0.3 is 0 Å². The van der Waals surface area contributed by atoms with Crippen LogP contribution in [-0.2, 0) is 4.79 Å². The van der Waals surface area contributed by atoms with Gasteiger partial charge in [0.25, 0.3) is 0 Å². The van der Waals surface area contributed by atoms with Crippen LogP contribution in [-0.4, -0.2) is 27.7 Å². The number of allylic oxidation sites excluding steroid dienone is 2. The summed E-state index contributed by atoms with van der Waals surface area (Å²) in [5.74, 6) is 2.04. The van der Waals surface area contributed by atoms with Crippen LogP contribution < -0.4 is 10.1 Å². The van der Waals surface area contributed by atoms with Gasteiger partial charge in [-0.15, -0.1) is 5.10 Å². The van der Waals surface area contributed by atoms with Crippen molar-refractivity contribution in [3.8, 4) is 17.1 Å². The second-order valence-corrected chi connectivity index (χ2v) is 7.56. The van der Waals surface area contributed by atoms with Crippen LogP contribution in [0.4, 0.5) is 5.95 Å². The van der Waals surface area contributed by atoms with E-state index in [9.17, 15) is 4.79 Å². The monoisotopic (exact) mass is 406 g/mol. The molecule has 0 saturated heterocycles. The molecule has 1 unspecified atom stereocenters. The maximum atomic E-state index is 12.9. The number of benzene rings is 2. The van der Waals surface area contributed by atoms with E-state index < -0.39 is 6.04 Å². The van der Waals surface area contributed by atoms with Crippen molar-refractivity contribution in [2.45, 2.75) is 25.3 Å². The fraction of sp³-hybridized carbons (Fsp3) is 0.227. The summed E-state index contributed by atoms with van der Waals surface area (Å²) < 4.78 is 7.10. The lowest BCUT2D eigenvalue weighted by atomic mass is 9.85. The van der Waals surface area contributed by atoms with Crippen molar-refractivity contribution in [3.63, 3.8) is 0 Å². The second-order valence-electron chi connectivity index (χ2n) is 7.15. The summed E-state index contributed by atoms with van der Waals surface area (Å²) in [6.07, 6.45) is 2.18. The molecule has 2 aliphatic rings. The van der Waals surface area contributed by atoms with E-state index in [2.05, 4.69) is 5.32 Å². The topological polar surface area (TPSA) is 69.0 Å². The molecule has 5 rings (SSSR count). The third kappa shape index (κ3) is 3.00. The van der Waals surface area contributed by atoms with Crippen LogP contribution >= 0.6 is 11.6 Å². The third-order valence-electron chi connectivity index (χ3n) is 5.40. The number of ketones is 1. The summed E-state index contributed by atoms with van der Waals surface area (Å²) in [4.78, 5) is 17.6. The van der Waals surface area contributed by atoms with Crippen molar-refractivity contribution in [2.75, 3.05) is 12.4 Å². The van der Waals surface area contributed by atoms with Crippen molar-refractivity contribution < 1.29 is 9.53 Å². The Morgan fingerprint density at radius 1 is 1.17 bits per heavy atom. The summed E-state index contributed by atoms with van der Waals surface area (Å²) in [5.41, 5.74) is 3.35. The zero-order chi connectivity index (χ0) is 20.0. The van der Waals surface area contributed by atoms with Gasteiger partial charge in [-0.05, 0) is 31.0 Å². The van der Waals surface area contributed by atoms with E-state index in [-0.39, 0.29) is 5.78 Å². The molecule has 0 saturated carbocycles. The first-order valence-corrected chi connectivity index (χ1v) is 9.92. The largest absolute Gasteiger partial charge is 0.497 e. The van der Waals surface area contributed by atoms with E-state index >= 15 is 0 Å². The molecule has 0 radical (unpaired) electrons. The van der Waals surface area contributed by atoms with Gasteiger partial charge in [-0.3, -0.25) is 4.79 Å². The molecule has 146 valence electrons. The Morgan fingerprint density at radius 2 is 2.03 bits per heavy atom. The first kappa shape index (κ1) is 17.9. The Labute approximate surface area is 173 Å². The van der Waals surface area contributed by atoms with Crippen LogP contribution in [0.15, 0.2) is 59.8 Å². The Hall–Kier alpha value is -3.12. The minimum atomic E-state index is -0.394. The van der Waals surface area contributed by atoms with E-state index in [0.29, 0.717) is 23.2 Å². The molecule has 2 aromatic carbocycles. The number of halogens is 1. The zero-order valence-corrected chi connectivity index (χ0v) is 16.6. The molecular formula is C22H19ClN4O2. The molecule has 1 N–H and O–H groups in total. The predicted molar refractivity (Wildman–Crippen MR) is 111 cm³/mol. The number of Topliss-reactive ketones (excluding diaryl/α,β-unsaturated/α-hetero) is 1. The van der Waals surface area contributed by atoms with E-state index in [4.69, 9.17) is 26.4 Å². The minimum Gasteiger partial charge on any atom is -0.497 e. The van der Waals surface area contributed by atoms with Crippen LogP contribution in [0.2, 0.25) is 5.02 Å². The molecule has 7 heteroatoms. The number of carbonyl (C=O) groups excluding carboxylic acids is 1. The van der Waals surface area contributed by atoms with Gasteiger partial charge in [0.05, 0.1) is 7.11 Å². The number of nitrogens with zero attached hydrogens (tertiary/aromatic N) is 3. The molecule has 0 spiro atoms. The number of carbonyl (C=O) groups is 1. The van der Waals surface area contributed by atoms with E-state index in [1.807, 2.05) is 48.5 Å². The number of aromatic nitrogens is 3. The Bertz CT molecular complexity index is 1150. The van der Waals surface area contributed by atoms with Crippen molar-refractivity contribution >= 4 is 23.3 Å². The molecule has 2 heterocycles. The van der Waals surface area contributed by atoms with Crippen molar-refractivity contribution in [1.29, 1.82) is 0 Å². The van der Waals surface area contributed by atoms with Crippen LogP contribution in [0.1, 0.15) is 30.9 Å². The van der Waals surface area contributed by atoms with E-state index in [0.717, 1.165) is 41.0 Å². The number of nitrogens with one attached hydrogen (secondary N) is 1. The number of hydrogen-bond donors (Lipinski definition) is 1. The molecule has 1 atom stereocenters. The predicted octanol–water partition coefficient (Wildman–Crippen LogP) is 4.63. The average Bonchev–Trinajstić information content (AvgIpc) is 3.17. The fourth-order valence-corrected chi connectivity index (χ4v) is 4.26. The molecular weight excluding hydrogens is 388 g/mol. The third-order valence-corrected chi connectivity index (χ3v) is 5.74. The van der Waals surface area contributed by atoms with Gasteiger partial charge < -0.3 is 10.1 Å². The van der Waals surface area contributed by atoms with Gasteiger partial charge in [-0.1, -0.05) is 41.9 Å². The van der Waals surface area contributed by atoms with Crippen LogP contribution in [0, 0.1) is 0 Å². The van der Waals surface area contributed by atoms with Crippen molar-refractivity contribution in [2.24, 2.45) is 0 Å². The molecule has 0 amide bonds. The van der Waals surface area contributed by atoms with E-state index in [1.54, 1.807) is 11.8 Å². The zero-order valence-electron chi connectivity index (χ0n) is 15.9. The van der Waals surface area contributed by atoms with Crippen LogP contribution in [0.3, 0.4) is 0 Å². The van der Waals surface area contributed by atoms with Gasteiger partial charge in [-0.25, -0.2) is 4.68 Å². The lowest BCUT2D eigenvalue weighted by Crippen LogP contribution is -2.31. The SMILES string of the molecule is COc1cccc(-c2nc3n(n2)C(c2ccccc2Cl)C2=C(CCCC2=O)N3)c1. The second kappa shape index (κ2) is 7.04. The first-order valence-electron chi connectivity index (χ1n) is 9.54. The standard InChI is InChI=1S/C22H19ClN4O2/c1-29-14-7-4-6-13(12-14)21-25-22-24-17-10-5-11-18(28)19(17)20(27(22)26-21)15-8-2-3-9-16(15)23/h2-4,6-9,12,20H,5,10-11H2,1H3,(H,24,25,26). The summed E-state index contributed by atoms with van der Waals surface area (Å²) in [6.45, 7) is 0. The highest BCUT2D eigenvalue weighted by Gasteiger charge is 2.37. The Balaban J connectivity index is 1.68. The number of anilines is 1. The molecule has 3 aromatic rings. The Morgan fingerprint density at radius 3 is 2.86 bits per heavy atom. The van der Waals surface area contributed by atoms with Crippen LogP contribution in [0.25, 0.3) is 11.4 Å². The molecule has 29 heavy (non-hydrogen) atoms. The van der Waals surface area contributed by atoms with E-state index in [1.165, 1.54) is 0 Å². The van der Waals surface area contributed by atoms with Crippen LogP contribution in [0.5, 0.6) is 5.75 Å². The maximum Gasteiger partial charge on any atom is 0.226 e. The molecule has 0 fully saturated rings.